The molecule has 1 aliphatic heterocycles. The normalized spacial score (nSPS) is 27.3. The number of Topliss-reactive ketones (excluding diaryl/α,β-unsaturated/α-hetero) is 1. The van der Waals surface area contributed by atoms with Crippen molar-refractivity contribution >= 4 is 40.0 Å². The minimum absolute atomic E-state index is 0.0128. The van der Waals surface area contributed by atoms with Crippen LogP contribution in [0.25, 0.3) is 0 Å². The maximum Gasteiger partial charge on any atom is 0.287 e. The van der Waals surface area contributed by atoms with E-state index in [-0.39, 0.29) is 40.4 Å². The number of likely N-dealkylation sites (tertiary alicyclic amines) is 1. The van der Waals surface area contributed by atoms with Crippen LogP contribution in [-0.2, 0) is 24.6 Å². The fraction of sp³-hybridized carbons (Fsp3) is 0.774. The van der Waals surface area contributed by atoms with E-state index >= 15 is 0 Å². The average Bonchev–Trinajstić information content (AvgIpc) is 3.30. The first-order chi connectivity index (χ1) is 19.3. The zero-order valence-corrected chi connectivity index (χ0v) is 26.0. The van der Waals surface area contributed by atoms with Gasteiger partial charge in [-0.1, -0.05) is 73.1 Å². The van der Waals surface area contributed by atoms with E-state index in [4.69, 9.17) is 10.7 Å². The molecule has 4 N–H and O–H groups in total. The van der Waals surface area contributed by atoms with Gasteiger partial charge in [-0.05, 0) is 48.3 Å². The first-order valence-electron chi connectivity index (χ1n) is 15.5. The van der Waals surface area contributed by atoms with Gasteiger partial charge < -0.3 is 21.3 Å². The average molecular weight is 586 g/mol. The lowest BCUT2D eigenvalue weighted by molar-refractivity contribution is -0.144. The van der Waals surface area contributed by atoms with Crippen LogP contribution >= 0.6 is 11.3 Å². The Balaban J connectivity index is 1.39. The van der Waals surface area contributed by atoms with E-state index < -0.39 is 29.8 Å². The molecule has 41 heavy (non-hydrogen) atoms. The molecule has 0 radical (unpaired) electrons. The van der Waals surface area contributed by atoms with Crippen LogP contribution < -0.4 is 16.4 Å². The molecule has 5 atom stereocenters. The van der Waals surface area contributed by atoms with Gasteiger partial charge in [0.2, 0.25) is 17.6 Å². The second kappa shape index (κ2) is 11.3. The number of thiazole rings is 1. The van der Waals surface area contributed by atoms with Gasteiger partial charge in [0, 0.05) is 17.3 Å². The van der Waals surface area contributed by atoms with Crippen LogP contribution in [0.1, 0.15) is 98.1 Å². The molecule has 3 aliphatic carbocycles. The number of nitrogens with zero attached hydrogens (tertiary/aromatic N) is 2. The second-order valence-corrected chi connectivity index (χ2v) is 15.4. The van der Waals surface area contributed by atoms with Gasteiger partial charge in [0.1, 0.15) is 12.1 Å². The Morgan fingerprint density at radius 2 is 1.78 bits per heavy atom. The number of carbonyl (C=O) groups excluding carboxylic acids is 4. The third-order valence-electron chi connectivity index (χ3n) is 10.4. The highest BCUT2D eigenvalue weighted by atomic mass is 32.1. The van der Waals surface area contributed by atoms with Crippen molar-refractivity contribution in [2.24, 2.45) is 34.8 Å². The monoisotopic (exact) mass is 585 g/mol. The topological polar surface area (TPSA) is 134 Å². The Bertz CT molecular complexity index is 1180. The molecule has 1 saturated heterocycles. The number of hydrogen-bond acceptors (Lipinski definition) is 7. The van der Waals surface area contributed by atoms with Crippen molar-refractivity contribution in [3.8, 4) is 0 Å². The number of ketones is 1. The number of hydrogen-bond donors (Lipinski definition) is 3. The molecule has 2 heterocycles. The third kappa shape index (κ3) is 6.04. The SMILES string of the molecule is CC(C)(C)c1csc(N[C@H](C(=O)N2CC3C(C2C(=O)NC(CC2CCC2)C(=O)C(N)=O)C3(C)C)C2CCCCC2)n1. The molecular formula is C31H47N5O4S. The van der Waals surface area contributed by atoms with Gasteiger partial charge in [-0.2, -0.15) is 0 Å². The van der Waals surface area contributed by atoms with Crippen molar-refractivity contribution in [2.75, 3.05) is 11.9 Å². The van der Waals surface area contributed by atoms with Gasteiger partial charge in [-0.3, -0.25) is 19.2 Å². The first-order valence-corrected chi connectivity index (χ1v) is 16.3. The molecule has 10 heteroatoms. The lowest BCUT2D eigenvalue weighted by atomic mass is 9.80. The summed E-state index contributed by atoms with van der Waals surface area (Å²) in [5.74, 6) is -1.50. The number of fused-ring (bicyclic) bond motifs is 1. The maximum absolute atomic E-state index is 14.4. The molecule has 1 aromatic heterocycles. The Hall–Kier alpha value is -2.49. The zero-order valence-electron chi connectivity index (χ0n) is 25.2. The lowest BCUT2D eigenvalue weighted by Crippen LogP contribution is -2.58. The summed E-state index contributed by atoms with van der Waals surface area (Å²) in [6.45, 7) is 11.2. The summed E-state index contributed by atoms with van der Waals surface area (Å²) in [7, 11) is 0. The molecule has 3 saturated carbocycles. The molecule has 0 spiro atoms. The Labute approximate surface area is 247 Å². The Morgan fingerprint density at radius 1 is 1.10 bits per heavy atom. The van der Waals surface area contributed by atoms with Gasteiger partial charge in [-0.25, -0.2) is 4.98 Å². The first kappa shape index (κ1) is 30.0. The minimum atomic E-state index is -1.03. The molecule has 0 aromatic carbocycles. The van der Waals surface area contributed by atoms with Crippen molar-refractivity contribution in [3.63, 3.8) is 0 Å². The Morgan fingerprint density at radius 3 is 2.34 bits per heavy atom. The predicted octanol–water partition coefficient (Wildman–Crippen LogP) is 4.01. The number of nitrogens with two attached hydrogens (primary N) is 1. The van der Waals surface area contributed by atoms with Gasteiger partial charge >= 0.3 is 0 Å². The number of nitrogens with one attached hydrogen (secondary N) is 2. The summed E-state index contributed by atoms with van der Waals surface area (Å²) in [5.41, 5.74) is 6.18. The summed E-state index contributed by atoms with van der Waals surface area (Å²) in [5, 5.41) is 9.19. The quantitative estimate of drug-likeness (QED) is 0.355. The van der Waals surface area contributed by atoms with E-state index in [1.54, 1.807) is 4.90 Å². The van der Waals surface area contributed by atoms with Crippen LogP contribution in [0.3, 0.4) is 0 Å². The number of primary amides is 1. The van der Waals surface area contributed by atoms with Crippen LogP contribution in [0, 0.1) is 29.1 Å². The highest BCUT2D eigenvalue weighted by molar-refractivity contribution is 7.13. The number of rotatable bonds is 10. The fourth-order valence-corrected chi connectivity index (χ4v) is 8.36. The van der Waals surface area contributed by atoms with Gasteiger partial charge in [0.05, 0.1) is 11.7 Å². The zero-order chi connectivity index (χ0) is 29.7. The second-order valence-electron chi connectivity index (χ2n) is 14.5. The number of amides is 3. The van der Waals surface area contributed by atoms with Crippen LogP contribution in [0.15, 0.2) is 5.38 Å². The molecule has 4 aliphatic rings. The maximum atomic E-state index is 14.4. The van der Waals surface area contributed by atoms with Crippen molar-refractivity contribution in [1.29, 1.82) is 0 Å². The van der Waals surface area contributed by atoms with E-state index in [2.05, 4.69) is 45.3 Å². The van der Waals surface area contributed by atoms with Crippen LogP contribution in [-0.4, -0.2) is 58.1 Å². The summed E-state index contributed by atoms with van der Waals surface area (Å²) < 4.78 is 0. The van der Waals surface area contributed by atoms with Crippen molar-refractivity contribution in [2.45, 2.75) is 116 Å². The number of aromatic nitrogens is 1. The summed E-state index contributed by atoms with van der Waals surface area (Å²) in [6, 6.07) is -2.09. The summed E-state index contributed by atoms with van der Waals surface area (Å²) in [6.07, 6.45) is 8.72. The van der Waals surface area contributed by atoms with E-state index in [1.807, 2.05) is 5.38 Å². The molecule has 9 nitrogen and oxygen atoms in total. The number of anilines is 1. The van der Waals surface area contributed by atoms with Gasteiger partial charge in [0.15, 0.2) is 5.13 Å². The van der Waals surface area contributed by atoms with E-state index in [0.29, 0.717) is 18.9 Å². The number of carbonyl (C=O) groups is 4. The standard InChI is InChI=1S/C31H47N5O4S/c1-30(2,3)21-16-41-29(34-21)35-23(18-12-7-6-8-13-18)28(40)36-15-19-22(31(19,4)5)24(36)27(39)33-20(25(37)26(32)38)14-17-10-9-11-17/h16-20,22-24H,6-15H2,1-5H3,(H2,32,38)(H,33,39)(H,34,35)/t19?,20?,22?,23-,24?/m0/s1. The van der Waals surface area contributed by atoms with Crippen LogP contribution in [0.2, 0.25) is 0 Å². The molecule has 1 aromatic rings. The van der Waals surface area contributed by atoms with Crippen molar-refractivity contribution in [1.82, 2.24) is 15.2 Å². The van der Waals surface area contributed by atoms with Crippen molar-refractivity contribution in [3.05, 3.63) is 11.1 Å². The van der Waals surface area contributed by atoms with Crippen LogP contribution in [0.4, 0.5) is 5.13 Å². The fourth-order valence-electron chi connectivity index (χ4n) is 7.38. The molecule has 3 amide bonds. The van der Waals surface area contributed by atoms with E-state index in [0.717, 1.165) is 55.8 Å². The van der Waals surface area contributed by atoms with Crippen LogP contribution in [0.5, 0.6) is 0 Å². The molecule has 4 unspecified atom stereocenters. The molecule has 0 bridgehead atoms. The third-order valence-corrected chi connectivity index (χ3v) is 11.1. The highest BCUT2D eigenvalue weighted by Crippen LogP contribution is 2.65. The molecular weight excluding hydrogens is 538 g/mol. The minimum Gasteiger partial charge on any atom is -0.363 e. The van der Waals surface area contributed by atoms with E-state index in [1.165, 1.54) is 17.8 Å². The predicted molar refractivity (Wildman–Crippen MR) is 159 cm³/mol. The molecule has 226 valence electrons. The van der Waals surface area contributed by atoms with E-state index in [9.17, 15) is 19.2 Å². The molecule has 4 fully saturated rings. The smallest absolute Gasteiger partial charge is 0.287 e. The lowest BCUT2D eigenvalue weighted by Gasteiger charge is -2.37. The van der Waals surface area contributed by atoms with Gasteiger partial charge in [-0.15, -0.1) is 11.3 Å². The Kier molecular flexibility index (Phi) is 8.27. The summed E-state index contributed by atoms with van der Waals surface area (Å²) in [4.78, 5) is 59.5. The largest absolute Gasteiger partial charge is 0.363 e. The van der Waals surface area contributed by atoms with Gasteiger partial charge in [0.25, 0.3) is 5.91 Å². The number of piperidine rings is 1. The van der Waals surface area contributed by atoms with Crippen molar-refractivity contribution < 1.29 is 19.2 Å². The summed E-state index contributed by atoms with van der Waals surface area (Å²) >= 11 is 1.52. The molecule has 5 rings (SSSR count). The highest BCUT2D eigenvalue weighted by Gasteiger charge is 2.69.